The zero-order valence-corrected chi connectivity index (χ0v) is 11.1. The van der Waals surface area contributed by atoms with E-state index in [1.165, 1.54) is 5.69 Å². The number of methoxy groups -OCH3 is 1. The van der Waals surface area contributed by atoms with E-state index >= 15 is 0 Å². The van der Waals surface area contributed by atoms with Gasteiger partial charge >= 0.3 is 0 Å². The van der Waals surface area contributed by atoms with Gasteiger partial charge in [0, 0.05) is 39.5 Å². The Hall–Kier alpha value is -0.910. The third-order valence-electron chi connectivity index (χ3n) is 2.85. The zero-order valence-electron chi connectivity index (χ0n) is 11.1. The molecule has 17 heavy (non-hydrogen) atoms. The first-order valence-corrected chi connectivity index (χ1v) is 6.15. The van der Waals surface area contributed by atoms with Crippen LogP contribution in [-0.4, -0.2) is 54.8 Å². The van der Waals surface area contributed by atoms with E-state index in [4.69, 9.17) is 4.74 Å². The largest absolute Gasteiger partial charge is 0.383 e. The minimum atomic E-state index is 0.743. The van der Waals surface area contributed by atoms with Gasteiger partial charge in [-0.1, -0.05) is 6.92 Å². The molecule has 5 heteroatoms. The predicted molar refractivity (Wildman–Crippen MR) is 69.0 cm³/mol. The molecule has 1 aromatic heterocycles. The van der Waals surface area contributed by atoms with Gasteiger partial charge in [0.1, 0.15) is 0 Å². The van der Waals surface area contributed by atoms with Gasteiger partial charge in [-0.25, -0.2) is 4.98 Å². The molecule has 0 unspecified atom stereocenters. The van der Waals surface area contributed by atoms with Crippen molar-refractivity contribution < 1.29 is 4.74 Å². The van der Waals surface area contributed by atoms with Gasteiger partial charge in [0.15, 0.2) is 0 Å². The van der Waals surface area contributed by atoms with Crippen molar-refractivity contribution in [3.63, 3.8) is 0 Å². The van der Waals surface area contributed by atoms with Crippen molar-refractivity contribution in [2.75, 3.05) is 40.4 Å². The summed E-state index contributed by atoms with van der Waals surface area (Å²) in [6.07, 6.45) is 3.82. The van der Waals surface area contributed by atoms with Gasteiger partial charge < -0.3 is 19.5 Å². The summed E-state index contributed by atoms with van der Waals surface area (Å²) in [5.74, 6) is 0. The van der Waals surface area contributed by atoms with Gasteiger partial charge in [-0.05, 0) is 13.6 Å². The van der Waals surface area contributed by atoms with Crippen LogP contribution in [0.1, 0.15) is 12.6 Å². The molecule has 98 valence electrons. The van der Waals surface area contributed by atoms with Crippen LogP contribution < -0.4 is 5.32 Å². The average Bonchev–Trinajstić information content (AvgIpc) is 2.79. The van der Waals surface area contributed by atoms with E-state index in [-0.39, 0.29) is 0 Å². The van der Waals surface area contributed by atoms with Crippen LogP contribution in [0.3, 0.4) is 0 Å². The van der Waals surface area contributed by atoms with Gasteiger partial charge in [-0.15, -0.1) is 0 Å². The smallest absolute Gasteiger partial charge is 0.0949 e. The molecule has 0 atom stereocenters. The Labute approximate surface area is 104 Å². The first kappa shape index (κ1) is 14.2. The highest BCUT2D eigenvalue weighted by Crippen LogP contribution is 1.99. The number of ether oxygens (including phenoxy) is 1. The first-order chi connectivity index (χ1) is 8.27. The number of imidazole rings is 1. The molecule has 1 rings (SSSR count). The Morgan fingerprint density at radius 2 is 2.35 bits per heavy atom. The highest BCUT2D eigenvalue weighted by molar-refractivity contribution is 4.97. The molecule has 0 aliphatic heterocycles. The summed E-state index contributed by atoms with van der Waals surface area (Å²) in [4.78, 5) is 6.49. The maximum absolute atomic E-state index is 4.99. The molecule has 0 aromatic carbocycles. The SMILES string of the molecule is CCN(C)CCn1cncc1CNCCOC. The molecular weight excluding hydrogens is 216 g/mol. The van der Waals surface area contributed by atoms with E-state index in [1.807, 2.05) is 12.5 Å². The summed E-state index contributed by atoms with van der Waals surface area (Å²) in [6, 6.07) is 0. The molecule has 0 radical (unpaired) electrons. The number of nitrogens with one attached hydrogen (secondary N) is 1. The molecule has 5 nitrogen and oxygen atoms in total. The van der Waals surface area contributed by atoms with Crippen molar-refractivity contribution in [2.24, 2.45) is 0 Å². The lowest BCUT2D eigenvalue weighted by molar-refractivity contribution is 0.199. The van der Waals surface area contributed by atoms with Crippen LogP contribution in [0.5, 0.6) is 0 Å². The second-order valence-corrected chi connectivity index (χ2v) is 4.14. The van der Waals surface area contributed by atoms with Crippen molar-refractivity contribution in [1.29, 1.82) is 0 Å². The monoisotopic (exact) mass is 240 g/mol. The van der Waals surface area contributed by atoms with E-state index in [1.54, 1.807) is 7.11 Å². The van der Waals surface area contributed by atoms with Gasteiger partial charge in [0.05, 0.1) is 18.6 Å². The van der Waals surface area contributed by atoms with E-state index in [9.17, 15) is 0 Å². The number of hydrogen-bond donors (Lipinski definition) is 1. The third kappa shape index (κ3) is 5.30. The molecule has 0 saturated carbocycles. The molecule has 1 heterocycles. The molecule has 0 fully saturated rings. The number of nitrogens with zero attached hydrogens (tertiary/aromatic N) is 3. The number of likely N-dealkylation sites (N-methyl/N-ethyl adjacent to an activating group) is 1. The summed E-state index contributed by atoms with van der Waals surface area (Å²) in [5.41, 5.74) is 1.23. The standard InChI is InChI=1S/C12H24N4O/c1-4-15(2)6-7-16-11-14-10-12(16)9-13-5-8-17-3/h10-11,13H,4-9H2,1-3H3. The van der Waals surface area contributed by atoms with Crippen molar-refractivity contribution in [1.82, 2.24) is 19.8 Å². The number of hydrogen-bond acceptors (Lipinski definition) is 4. The average molecular weight is 240 g/mol. The van der Waals surface area contributed by atoms with Gasteiger partial charge in [-0.3, -0.25) is 0 Å². The Kier molecular flexibility index (Phi) is 6.84. The molecular formula is C12H24N4O. The summed E-state index contributed by atoms with van der Waals surface area (Å²) in [6.45, 7) is 7.75. The zero-order chi connectivity index (χ0) is 12.5. The van der Waals surface area contributed by atoms with E-state index in [2.05, 4.69) is 33.7 Å². The van der Waals surface area contributed by atoms with Crippen LogP contribution >= 0.6 is 0 Å². The lowest BCUT2D eigenvalue weighted by atomic mass is 10.4. The van der Waals surface area contributed by atoms with Crippen LogP contribution in [-0.2, 0) is 17.8 Å². The highest BCUT2D eigenvalue weighted by atomic mass is 16.5. The molecule has 0 amide bonds. The lowest BCUT2D eigenvalue weighted by Gasteiger charge is -2.15. The fourth-order valence-electron chi connectivity index (χ4n) is 1.52. The fourth-order valence-corrected chi connectivity index (χ4v) is 1.52. The molecule has 0 aliphatic carbocycles. The molecule has 1 N–H and O–H groups in total. The molecule has 0 aliphatic rings. The summed E-state index contributed by atoms with van der Waals surface area (Å²) in [7, 11) is 3.85. The van der Waals surface area contributed by atoms with E-state index in [0.717, 1.165) is 39.3 Å². The van der Waals surface area contributed by atoms with Crippen molar-refractivity contribution in [2.45, 2.75) is 20.0 Å². The predicted octanol–water partition coefficient (Wildman–Crippen LogP) is 0.571. The Balaban J connectivity index is 2.32. The van der Waals surface area contributed by atoms with E-state index in [0.29, 0.717) is 0 Å². The molecule has 0 spiro atoms. The van der Waals surface area contributed by atoms with E-state index < -0.39 is 0 Å². The molecule has 0 bridgehead atoms. The number of aromatic nitrogens is 2. The lowest BCUT2D eigenvalue weighted by Crippen LogP contribution is -2.25. The quantitative estimate of drug-likeness (QED) is 0.641. The summed E-state index contributed by atoms with van der Waals surface area (Å²) >= 11 is 0. The van der Waals surface area contributed by atoms with Crippen LogP contribution in [0.15, 0.2) is 12.5 Å². The topological polar surface area (TPSA) is 42.3 Å². The second kappa shape index (κ2) is 8.22. The van der Waals surface area contributed by atoms with Crippen LogP contribution in [0.2, 0.25) is 0 Å². The van der Waals surface area contributed by atoms with Crippen molar-refractivity contribution >= 4 is 0 Å². The first-order valence-electron chi connectivity index (χ1n) is 6.15. The summed E-state index contributed by atoms with van der Waals surface area (Å²) < 4.78 is 7.19. The molecule has 1 aromatic rings. The van der Waals surface area contributed by atoms with Crippen molar-refractivity contribution in [3.05, 3.63) is 18.2 Å². The Bertz CT molecular complexity index is 300. The molecule has 0 saturated heterocycles. The minimum absolute atomic E-state index is 0.743. The normalized spacial score (nSPS) is 11.3. The third-order valence-corrected chi connectivity index (χ3v) is 2.85. The number of rotatable bonds is 9. The van der Waals surface area contributed by atoms with Crippen LogP contribution in [0.25, 0.3) is 0 Å². The van der Waals surface area contributed by atoms with Crippen LogP contribution in [0.4, 0.5) is 0 Å². The van der Waals surface area contributed by atoms with Crippen molar-refractivity contribution in [3.8, 4) is 0 Å². The maximum atomic E-state index is 4.99. The van der Waals surface area contributed by atoms with Crippen LogP contribution in [0, 0.1) is 0 Å². The highest BCUT2D eigenvalue weighted by Gasteiger charge is 2.02. The Morgan fingerprint density at radius 1 is 1.53 bits per heavy atom. The maximum Gasteiger partial charge on any atom is 0.0949 e. The Morgan fingerprint density at radius 3 is 3.06 bits per heavy atom. The van der Waals surface area contributed by atoms with Gasteiger partial charge in [0.2, 0.25) is 0 Å². The van der Waals surface area contributed by atoms with Gasteiger partial charge in [0.25, 0.3) is 0 Å². The second-order valence-electron chi connectivity index (χ2n) is 4.14. The summed E-state index contributed by atoms with van der Waals surface area (Å²) in [5, 5.41) is 3.33. The minimum Gasteiger partial charge on any atom is -0.383 e. The van der Waals surface area contributed by atoms with Gasteiger partial charge in [-0.2, -0.15) is 0 Å². The fraction of sp³-hybridized carbons (Fsp3) is 0.750.